The zero-order valence-corrected chi connectivity index (χ0v) is 19.1. The molecular weight excluding hydrogens is 441 g/mol. The zero-order valence-electron chi connectivity index (χ0n) is 16.8. The van der Waals surface area contributed by atoms with Gasteiger partial charge < -0.3 is 9.62 Å². The maximum atomic E-state index is 10.7. The van der Waals surface area contributed by atoms with E-state index in [1.54, 1.807) is 18.0 Å². The van der Waals surface area contributed by atoms with E-state index >= 15 is 0 Å². The number of carbonyl (C=O) groups is 1. The van der Waals surface area contributed by atoms with Gasteiger partial charge in [0, 0.05) is 60.1 Å². The average Bonchev–Trinajstić information content (AvgIpc) is 3.46. The maximum absolute atomic E-state index is 10.7. The molecule has 1 N–H and O–H groups in total. The van der Waals surface area contributed by atoms with Gasteiger partial charge in [-0.25, -0.2) is 4.98 Å². The highest BCUT2D eigenvalue weighted by molar-refractivity contribution is 8.00. The van der Waals surface area contributed by atoms with E-state index in [4.69, 9.17) is 23.2 Å². The lowest BCUT2D eigenvalue weighted by Crippen LogP contribution is -2.10. The lowest BCUT2D eigenvalue weighted by Gasteiger charge is -2.14. The lowest BCUT2D eigenvalue weighted by molar-refractivity contribution is 0.112. The molecule has 3 aromatic rings. The van der Waals surface area contributed by atoms with E-state index in [0.29, 0.717) is 10.6 Å². The Balaban J connectivity index is 0.000000172. The monoisotopic (exact) mass is 463 g/mol. The number of pyridine rings is 1. The van der Waals surface area contributed by atoms with E-state index in [2.05, 4.69) is 32.7 Å². The molecule has 30 heavy (non-hydrogen) atoms. The summed E-state index contributed by atoms with van der Waals surface area (Å²) in [6.07, 6.45) is 7.32. The Hall–Kier alpha value is -2.22. The molecule has 0 atom stereocenters. The van der Waals surface area contributed by atoms with Gasteiger partial charge in [0.05, 0.1) is 11.2 Å². The summed E-state index contributed by atoms with van der Waals surface area (Å²) >= 11 is 13.6. The number of rotatable bonds is 5. The third kappa shape index (κ3) is 5.68. The first-order valence-electron chi connectivity index (χ1n) is 9.56. The second-order valence-electron chi connectivity index (χ2n) is 6.53. The summed E-state index contributed by atoms with van der Waals surface area (Å²) in [5, 5.41) is 8.47. The van der Waals surface area contributed by atoms with Crippen LogP contribution >= 0.6 is 35.1 Å². The minimum atomic E-state index is 0.410. The maximum Gasteiger partial charge on any atom is 0.151 e. The van der Waals surface area contributed by atoms with Gasteiger partial charge in [0.15, 0.2) is 6.29 Å². The highest BCUT2D eigenvalue weighted by Crippen LogP contribution is 2.29. The van der Waals surface area contributed by atoms with Gasteiger partial charge in [-0.05, 0) is 55.1 Å². The van der Waals surface area contributed by atoms with Crippen LogP contribution in [0.5, 0.6) is 0 Å². The Bertz CT molecular complexity index is 1000. The number of hydrogen-bond donors (Lipinski definition) is 1. The summed E-state index contributed by atoms with van der Waals surface area (Å²) in [5.41, 5.74) is 3.67. The minimum absolute atomic E-state index is 0.410. The summed E-state index contributed by atoms with van der Waals surface area (Å²) < 4.78 is 3.98. The lowest BCUT2D eigenvalue weighted by atomic mass is 10.1. The van der Waals surface area contributed by atoms with Gasteiger partial charge in [0.2, 0.25) is 0 Å². The van der Waals surface area contributed by atoms with E-state index in [9.17, 15) is 4.79 Å². The van der Waals surface area contributed by atoms with Crippen molar-refractivity contribution in [3.63, 3.8) is 0 Å². The van der Waals surface area contributed by atoms with Crippen LogP contribution in [0.15, 0.2) is 42.9 Å². The van der Waals surface area contributed by atoms with Crippen molar-refractivity contribution in [1.29, 1.82) is 0 Å². The van der Waals surface area contributed by atoms with Crippen molar-refractivity contribution in [2.75, 3.05) is 29.0 Å². The van der Waals surface area contributed by atoms with Crippen LogP contribution in [0.1, 0.15) is 23.7 Å². The molecule has 0 amide bonds. The fourth-order valence-corrected chi connectivity index (χ4v) is 4.24. The van der Waals surface area contributed by atoms with Crippen molar-refractivity contribution >= 4 is 52.9 Å². The number of carbonyl (C=O) groups excluding carboxylic acids is 1. The van der Waals surface area contributed by atoms with Crippen molar-refractivity contribution < 1.29 is 4.79 Å². The second kappa shape index (κ2) is 10.7. The van der Waals surface area contributed by atoms with Crippen molar-refractivity contribution in [3.8, 4) is 11.1 Å². The third-order valence-electron chi connectivity index (χ3n) is 4.48. The van der Waals surface area contributed by atoms with Gasteiger partial charge in [0.25, 0.3) is 0 Å². The number of nitrogens with zero attached hydrogens (tertiary/aromatic N) is 4. The van der Waals surface area contributed by atoms with Gasteiger partial charge in [-0.3, -0.25) is 9.48 Å². The summed E-state index contributed by atoms with van der Waals surface area (Å²) in [4.78, 5) is 14.8. The van der Waals surface area contributed by atoms with E-state index in [1.807, 2.05) is 36.3 Å². The zero-order chi connectivity index (χ0) is 21.5. The Labute approximate surface area is 190 Å². The number of aromatic nitrogens is 3. The van der Waals surface area contributed by atoms with Crippen molar-refractivity contribution in [1.82, 2.24) is 14.8 Å². The van der Waals surface area contributed by atoms with E-state index in [1.165, 1.54) is 6.20 Å². The third-order valence-corrected chi connectivity index (χ3v) is 6.17. The molecule has 158 valence electrons. The molecule has 4 rings (SSSR count). The van der Waals surface area contributed by atoms with Crippen LogP contribution in [0.3, 0.4) is 0 Å². The second-order valence-corrected chi connectivity index (χ2v) is 8.48. The number of aldehydes is 1. The van der Waals surface area contributed by atoms with Gasteiger partial charge >= 0.3 is 0 Å². The predicted molar refractivity (Wildman–Crippen MR) is 127 cm³/mol. The first kappa shape index (κ1) is 22.5. The number of benzene rings is 1. The SMILES string of the molecule is CCn1cc(-c2cc(Cl)cc(NC)c2)cn1.O=Cc1cc(N2CCCS2)ncc1Cl. The Kier molecular flexibility index (Phi) is 8.01. The molecule has 1 aliphatic heterocycles. The number of aryl methyl sites for hydroxylation is 1. The molecule has 0 bridgehead atoms. The highest BCUT2D eigenvalue weighted by Gasteiger charge is 2.15. The Morgan fingerprint density at radius 3 is 2.67 bits per heavy atom. The summed E-state index contributed by atoms with van der Waals surface area (Å²) in [5.74, 6) is 1.93. The van der Waals surface area contributed by atoms with Gasteiger partial charge in [-0.2, -0.15) is 5.10 Å². The van der Waals surface area contributed by atoms with Crippen molar-refractivity contribution in [3.05, 3.63) is 58.5 Å². The molecule has 0 unspecified atom stereocenters. The smallest absolute Gasteiger partial charge is 0.151 e. The Morgan fingerprint density at radius 1 is 1.20 bits per heavy atom. The average molecular weight is 464 g/mol. The molecule has 0 spiro atoms. The molecule has 0 aliphatic carbocycles. The van der Waals surface area contributed by atoms with E-state index < -0.39 is 0 Å². The van der Waals surface area contributed by atoms with Crippen LogP contribution in [-0.2, 0) is 6.54 Å². The molecule has 9 heteroatoms. The summed E-state index contributed by atoms with van der Waals surface area (Å²) in [7, 11) is 1.88. The molecule has 1 saturated heterocycles. The standard InChI is InChI=1S/C12H14ClN3.C9H9ClN2OS/c1-3-16-8-10(7-15-16)9-4-11(13)6-12(5-9)14-2;10-8-5-11-9(4-7(8)6-13)12-2-1-3-14-12/h4-8,14H,3H2,1-2H3;4-6H,1-3H2. The molecule has 6 nitrogen and oxygen atoms in total. The van der Waals surface area contributed by atoms with Crippen LogP contribution in [0.25, 0.3) is 11.1 Å². The summed E-state index contributed by atoms with van der Waals surface area (Å²) in [6, 6.07) is 7.63. The molecular formula is C21H23Cl2N5OS. The van der Waals surface area contributed by atoms with E-state index in [-0.39, 0.29) is 0 Å². The van der Waals surface area contributed by atoms with E-state index in [0.717, 1.165) is 59.2 Å². The fourth-order valence-electron chi connectivity index (χ4n) is 2.88. The fraction of sp³-hybridized carbons (Fsp3) is 0.286. The van der Waals surface area contributed by atoms with Gasteiger partial charge in [-0.15, -0.1) is 0 Å². The summed E-state index contributed by atoms with van der Waals surface area (Å²) in [6.45, 7) is 3.92. The minimum Gasteiger partial charge on any atom is -0.388 e. The number of hydrogen-bond acceptors (Lipinski definition) is 6. The molecule has 1 aromatic carbocycles. The molecule has 2 aromatic heterocycles. The number of halogens is 2. The van der Waals surface area contributed by atoms with Crippen molar-refractivity contribution in [2.24, 2.45) is 0 Å². The first-order valence-corrected chi connectivity index (χ1v) is 11.3. The Morgan fingerprint density at radius 2 is 2.03 bits per heavy atom. The molecule has 0 saturated carbocycles. The normalized spacial score (nSPS) is 13.0. The molecule has 1 fully saturated rings. The number of anilines is 2. The molecule has 0 radical (unpaired) electrons. The number of nitrogens with one attached hydrogen (secondary N) is 1. The van der Waals surface area contributed by atoms with Crippen LogP contribution in [0.4, 0.5) is 11.5 Å². The van der Waals surface area contributed by atoms with Gasteiger partial charge in [0.1, 0.15) is 5.82 Å². The van der Waals surface area contributed by atoms with Crippen LogP contribution in [0.2, 0.25) is 10.0 Å². The van der Waals surface area contributed by atoms with Crippen LogP contribution in [-0.4, -0.2) is 40.4 Å². The van der Waals surface area contributed by atoms with Crippen LogP contribution < -0.4 is 9.62 Å². The molecule has 1 aliphatic rings. The topological polar surface area (TPSA) is 63.1 Å². The van der Waals surface area contributed by atoms with Crippen LogP contribution in [0, 0.1) is 0 Å². The van der Waals surface area contributed by atoms with Crippen molar-refractivity contribution in [2.45, 2.75) is 19.9 Å². The quantitative estimate of drug-likeness (QED) is 0.388. The first-order chi connectivity index (χ1) is 14.5. The van der Waals surface area contributed by atoms with Gasteiger partial charge in [-0.1, -0.05) is 23.2 Å². The highest BCUT2D eigenvalue weighted by atomic mass is 35.5. The predicted octanol–water partition coefficient (Wildman–Crippen LogP) is 5.67. The largest absolute Gasteiger partial charge is 0.388 e. The molecule has 3 heterocycles.